The lowest BCUT2D eigenvalue weighted by Crippen LogP contribution is -2.32. The Kier molecular flexibility index (Phi) is 7.33. The maximum absolute atomic E-state index is 14.3. The third kappa shape index (κ3) is 5.94. The summed E-state index contributed by atoms with van der Waals surface area (Å²) in [6.45, 7) is 5.05. The van der Waals surface area contributed by atoms with Gasteiger partial charge in [0.1, 0.15) is 17.5 Å². The molecule has 13 heteroatoms. The van der Waals surface area contributed by atoms with Gasteiger partial charge in [-0.05, 0) is 82.0 Å². The molecule has 1 atom stereocenters. The number of rotatable bonds is 6. The molecule has 9 nitrogen and oxygen atoms in total. The molecule has 0 fully saturated rings. The first kappa shape index (κ1) is 28.6. The highest BCUT2D eigenvalue weighted by Crippen LogP contribution is 2.38. The van der Waals surface area contributed by atoms with Crippen molar-refractivity contribution in [1.82, 2.24) is 25.1 Å². The van der Waals surface area contributed by atoms with Gasteiger partial charge in [0.25, 0.3) is 5.91 Å². The van der Waals surface area contributed by atoms with Crippen LogP contribution in [0, 0.1) is 0 Å². The second kappa shape index (κ2) is 10.5. The summed E-state index contributed by atoms with van der Waals surface area (Å²) in [7, 11) is 0. The highest BCUT2D eigenvalue weighted by Gasteiger charge is 2.38. The van der Waals surface area contributed by atoms with E-state index in [0.717, 1.165) is 6.07 Å². The van der Waals surface area contributed by atoms with Crippen molar-refractivity contribution >= 4 is 34.5 Å². The summed E-state index contributed by atoms with van der Waals surface area (Å²) in [6.07, 6.45) is -3.13. The van der Waals surface area contributed by atoms with Crippen LogP contribution < -0.4 is 11.1 Å². The lowest BCUT2D eigenvalue weighted by atomic mass is 10.1. The molecule has 0 saturated carbocycles. The van der Waals surface area contributed by atoms with Gasteiger partial charge in [0.15, 0.2) is 0 Å². The molecule has 1 amide bonds. The van der Waals surface area contributed by atoms with E-state index in [0.29, 0.717) is 52.4 Å². The third-order valence-electron chi connectivity index (χ3n) is 6.62. The number of aromatic nitrogens is 4. The standard InChI is InChI=1S/C28H28ClF3N6O3/c1-27(2,3)41-26(40)23(33)24-16-5-4-6-20(16)38(37-24)21-10-7-14(11-17(21)28(30,31)32)25(39)34-13-22-35-18-9-8-15(29)12-19(18)36-22/h7-12,23H,4-6,13,33H2,1-3H3,(H,34,39)(H,35,36). The average Bonchev–Trinajstić information content (AvgIpc) is 3.60. The Labute approximate surface area is 238 Å². The van der Waals surface area contributed by atoms with Gasteiger partial charge in [-0.1, -0.05) is 11.6 Å². The van der Waals surface area contributed by atoms with Crippen molar-refractivity contribution in [2.24, 2.45) is 5.73 Å². The lowest BCUT2D eigenvalue weighted by molar-refractivity contribution is -0.156. The minimum absolute atomic E-state index is 0.0349. The highest BCUT2D eigenvalue weighted by molar-refractivity contribution is 6.31. The highest BCUT2D eigenvalue weighted by atomic mass is 35.5. The number of aromatic amines is 1. The van der Waals surface area contributed by atoms with Gasteiger partial charge >= 0.3 is 12.1 Å². The van der Waals surface area contributed by atoms with Crippen molar-refractivity contribution in [2.75, 3.05) is 0 Å². The smallest absolute Gasteiger partial charge is 0.418 e. The fourth-order valence-corrected chi connectivity index (χ4v) is 5.04. The normalized spacial score (nSPS) is 14.2. The molecule has 0 aliphatic heterocycles. The largest absolute Gasteiger partial charge is 0.459 e. The Bertz CT molecular complexity index is 1650. The molecule has 2 heterocycles. The number of fused-ring (bicyclic) bond motifs is 2. The van der Waals surface area contributed by atoms with Gasteiger partial charge in [-0.3, -0.25) is 4.79 Å². The molecule has 0 saturated heterocycles. The zero-order chi connectivity index (χ0) is 29.7. The van der Waals surface area contributed by atoms with E-state index >= 15 is 0 Å². The maximum Gasteiger partial charge on any atom is 0.418 e. The zero-order valence-corrected chi connectivity index (χ0v) is 23.3. The summed E-state index contributed by atoms with van der Waals surface area (Å²) in [5.41, 5.74) is 6.58. The quantitative estimate of drug-likeness (QED) is 0.266. The number of nitrogens with one attached hydrogen (secondary N) is 2. The van der Waals surface area contributed by atoms with Gasteiger partial charge in [-0.2, -0.15) is 18.3 Å². The van der Waals surface area contributed by atoms with Crippen LogP contribution in [-0.4, -0.2) is 37.2 Å². The molecule has 1 unspecified atom stereocenters. The molecule has 0 radical (unpaired) electrons. The lowest BCUT2D eigenvalue weighted by Gasteiger charge is -2.21. The predicted octanol–water partition coefficient (Wildman–Crippen LogP) is 5.18. The molecular formula is C28H28ClF3N6O3. The predicted molar refractivity (Wildman–Crippen MR) is 146 cm³/mol. The monoisotopic (exact) mass is 588 g/mol. The summed E-state index contributed by atoms with van der Waals surface area (Å²) >= 11 is 5.99. The first-order valence-corrected chi connectivity index (χ1v) is 13.3. The molecule has 4 N–H and O–H groups in total. The summed E-state index contributed by atoms with van der Waals surface area (Å²) in [5.74, 6) is -1.00. The fraction of sp³-hybridized carbons (Fsp3) is 0.357. The summed E-state index contributed by atoms with van der Waals surface area (Å²) in [5, 5.41) is 7.48. The van der Waals surface area contributed by atoms with Crippen LogP contribution in [0.4, 0.5) is 13.2 Å². The van der Waals surface area contributed by atoms with Crippen molar-refractivity contribution < 1.29 is 27.5 Å². The van der Waals surface area contributed by atoms with Crippen LogP contribution >= 0.6 is 11.6 Å². The van der Waals surface area contributed by atoms with E-state index in [-0.39, 0.29) is 23.5 Å². The Morgan fingerprint density at radius 1 is 1.17 bits per heavy atom. The molecule has 0 bridgehead atoms. The number of hydrogen-bond donors (Lipinski definition) is 3. The van der Waals surface area contributed by atoms with Crippen LogP contribution in [0.1, 0.15) is 71.9 Å². The van der Waals surface area contributed by atoms with Crippen LogP contribution in [0.2, 0.25) is 5.02 Å². The van der Waals surface area contributed by atoms with E-state index in [9.17, 15) is 22.8 Å². The van der Waals surface area contributed by atoms with E-state index < -0.39 is 35.3 Å². The van der Waals surface area contributed by atoms with E-state index in [4.69, 9.17) is 22.1 Å². The van der Waals surface area contributed by atoms with Crippen molar-refractivity contribution in [1.29, 1.82) is 0 Å². The maximum atomic E-state index is 14.3. The minimum atomic E-state index is -4.80. The number of benzene rings is 2. The van der Waals surface area contributed by atoms with E-state index in [1.54, 1.807) is 39.0 Å². The fourth-order valence-electron chi connectivity index (χ4n) is 4.87. The molecule has 5 rings (SSSR count). The van der Waals surface area contributed by atoms with Crippen LogP contribution in [0.25, 0.3) is 16.7 Å². The number of H-pyrrole nitrogens is 1. The van der Waals surface area contributed by atoms with Crippen molar-refractivity contribution in [3.63, 3.8) is 0 Å². The number of carbonyl (C=O) groups excluding carboxylic acids is 2. The molecule has 2 aromatic heterocycles. The number of amides is 1. The number of esters is 1. The second-order valence-corrected chi connectivity index (χ2v) is 11.3. The Balaban J connectivity index is 1.44. The number of carbonyl (C=O) groups is 2. The molecule has 1 aliphatic rings. The molecule has 2 aromatic carbocycles. The van der Waals surface area contributed by atoms with Gasteiger partial charge in [-0.25, -0.2) is 14.5 Å². The number of nitrogens with two attached hydrogens (primary N) is 1. The van der Waals surface area contributed by atoms with Gasteiger partial charge < -0.3 is 20.8 Å². The Morgan fingerprint density at radius 3 is 2.63 bits per heavy atom. The molecule has 216 valence electrons. The van der Waals surface area contributed by atoms with Gasteiger partial charge in [-0.15, -0.1) is 0 Å². The summed E-state index contributed by atoms with van der Waals surface area (Å²) < 4.78 is 49.5. The van der Waals surface area contributed by atoms with E-state index in [1.165, 1.54) is 16.8 Å². The van der Waals surface area contributed by atoms with Crippen LogP contribution in [0.3, 0.4) is 0 Å². The number of imidazole rings is 1. The first-order chi connectivity index (χ1) is 19.2. The van der Waals surface area contributed by atoms with Crippen LogP contribution in [0.5, 0.6) is 0 Å². The second-order valence-electron chi connectivity index (χ2n) is 10.8. The minimum Gasteiger partial charge on any atom is -0.459 e. The number of alkyl halides is 3. The van der Waals surface area contributed by atoms with Gasteiger partial charge in [0.05, 0.1) is 34.5 Å². The number of hydrogen-bond acceptors (Lipinski definition) is 6. The van der Waals surface area contributed by atoms with Crippen molar-refractivity contribution in [3.05, 3.63) is 75.3 Å². The molecule has 1 aliphatic carbocycles. The Morgan fingerprint density at radius 2 is 1.93 bits per heavy atom. The van der Waals surface area contributed by atoms with Gasteiger partial charge in [0, 0.05) is 16.3 Å². The third-order valence-corrected chi connectivity index (χ3v) is 6.85. The Hall–Kier alpha value is -3.90. The van der Waals surface area contributed by atoms with Crippen molar-refractivity contribution in [3.8, 4) is 5.69 Å². The molecule has 41 heavy (non-hydrogen) atoms. The average molecular weight is 589 g/mol. The zero-order valence-electron chi connectivity index (χ0n) is 22.5. The number of halogens is 4. The SMILES string of the molecule is CC(C)(C)OC(=O)C(N)c1nn(-c2ccc(C(=O)NCc3nc4ccc(Cl)cc4[nH]3)cc2C(F)(F)F)c2c1CCC2. The molecule has 4 aromatic rings. The molecular weight excluding hydrogens is 561 g/mol. The summed E-state index contributed by atoms with van der Waals surface area (Å²) in [6, 6.07) is 7.11. The van der Waals surface area contributed by atoms with Crippen LogP contribution in [0.15, 0.2) is 36.4 Å². The van der Waals surface area contributed by atoms with Gasteiger partial charge in [0.2, 0.25) is 0 Å². The van der Waals surface area contributed by atoms with E-state index in [1.807, 2.05) is 0 Å². The van der Waals surface area contributed by atoms with Crippen molar-refractivity contribution in [2.45, 2.75) is 64.4 Å². The molecule has 0 spiro atoms. The first-order valence-electron chi connectivity index (χ1n) is 12.9. The van der Waals surface area contributed by atoms with Crippen LogP contribution in [-0.2, 0) is 35.1 Å². The van der Waals surface area contributed by atoms with E-state index in [2.05, 4.69) is 20.4 Å². The number of ether oxygens (including phenoxy) is 1. The number of nitrogens with zero attached hydrogens (tertiary/aromatic N) is 3. The topological polar surface area (TPSA) is 128 Å². The summed E-state index contributed by atoms with van der Waals surface area (Å²) in [4.78, 5) is 32.9.